The third-order valence-electron chi connectivity index (χ3n) is 6.46. The third-order valence-corrected chi connectivity index (χ3v) is 6.46. The summed E-state index contributed by atoms with van der Waals surface area (Å²) >= 11 is 0. The Morgan fingerprint density at radius 1 is 0.575 bits per heavy atom. The summed E-state index contributed by atoms with van der Waals surface area (Å²) in [6, 6.07) is 51.2. The first-order valence-electron chi connectivity index (χ1n) is 12.3. The summed E-state index contributed by atoms with van der Waals surface area (Å²) in [5, 5.41) is 2.20. The molecule has 1 radical (unpaired) electrons. The zero-order valence-electron chi connectivity index (χ0n) is 21.2. The molecule has 3 nitrogen and oxygen atoms in total. The molecule has 0 fully saturated rings. The molecule has 7 rings (SSSR count). The maximum Gasteiger partial charge on any atom is 0.0491 e. The van der Waals surface area contributed by atoms with Crippen molar-refractivity contribution < 1.29 is 58.5 Å². The molecule has 0 bridgehead atoms. The van der Waals surface area contributed by atoms with Crippen LogP contribution in [0, 0.1) is 30.5 Å². The fraction of sp³-hybridized carbons (Fsp3) is 0. The van der Waals surface area contributed by atoms with Gasteiger partial charge in [0.1, 0.15) is 0 Å². The molecule has 5 heteroatoms. The molecule has 0 aliphatic rings. The van der Waals surface area contributed by atoms with Crippen molar-refractivity contribution in [2.45, 2.75) is 0 Å². The molecule has 2 aromatic heterocycles. The molecule has 0 atom stereocenters. The molecule has 0 unspecified atom stereocenters. The van der Waals surface area contributed by atoms with Crippen molar-refractivity contribution >= 4 is 21.8 Å². The standard InChI is InChI=1S/C35H19N2O.Pt.Y/c1-3-10-25(11-4-1)27-14-9-15-29(22-27)38-30-19-20-32-31-16-7-8-17-33(31)37(34(32)23-30)35-21-18-28(24-36-35)26-12-5-2-6-13-26;;/h1-10,12,14-21H;;/q-5;;. The summed E-state index contributed by atoms with van der Waals surface area (Å²) in [7, 11) is 0. The molecule has 40 heavy (non-hydrogen) atoms. The SMILES string of the molecule is [Pt].[Y].[c-]1ccccc1-c1[c-]c(Oc2[c-]c3c(cc2)c2ccccc2n3-c2ccc(-c3[c-]cccc3)[c-]n2)ccc1. The summed E-state index contributed by atoms with van der Waals surface area (Å²) in [6.45, 7) is 0. The Balaban J connectivity index is 0.00000161. The van der Waals surface area contributed by atoms with Gasteiger partial charge >= 0.3 is 0 Å². The molecular formula is C35H19N2OPtY-5. The van der Waals surface area contributed by atoms with E-state index in [1.807, 2.05) is 97.1 Å². The molecule has 5 aromatic carbocycles. The van der Waals surface area contributed by atoms with Crippen LogP contribution in [0.1, 0.15) is 0 Å². The minimum atomic E-state index is 0. The van der Waals surface area contributed by atoms with Crippen LogP contribution in [0.5, 0.6) is 11.5 Å². The Hall–Kier alpha value is -3.36. The fourth-order valence-corrected chi connectivity index (χ4v) is 4.70. The van der Waals surface area contributed by atoms with E-state index in [0.717, 1.165) is 49.9 Å². The van der Waals surface area contributed by atoms with Gasteiger partial charge in [0.05, 0.1) is 0 Å². The number of para-hydroxylation sites is 1. The van der Waals surface area contributed by atoms with Gasteiger partial charge in [0, 0.05) is 76.6 Å². The number of hydrogen-bond donors (Lipinski definition) is 0. The molecule has 0 saturated heterocycles. The van der Waals surface area contributed by atoms with E-state index >= 15 is 0 Å². The molecule has 7 aromatic rings. The first kappa shape index (κ1) is 28.2. The van der Waals surface area contributed by atoms with Gasteiger partial charge in [-0.15, -0.1) is 47.9 Å². The van der Waals surface area contributed by atoms with Gasteiger partial charge in [-0.2, -0.15) is 72.8 Å². The quantitative estimate of drug-likeness (QED) is 0.165. The molecule has 0 aliphatic carbocycles. The Morgan fingerprint density at radius 3 is 2.00 bits per heavy atom. The van der Waals surface area contributed by atoms with Gasteiger partial charge in [-0.3, -0.25) is 0 Å². The number of hydrogen-bond acceptors (Lipinski definition) is 2. The second kappa shape index (κ2) is 12.4. The molecule has 0 amide bonds. The van der Waals surface area contributed by atoms with E-state index in [-0.39, 0.29) is 53.8 Å². The smallest absolute Gasteiger partial charge is 0.0491 e. The second-order valence-corrected chi connectivity index (χ2v) is 8.85. The van der Waals surface area contributed by atoms with Crippen molar-refractivity contribution in [3.8, 4) is 39.6 Å². The predicted octanol–water partition coefficient (Wildman–Crippen LogP) is 8.30. The Labute approximate surface area is 273 Å². The van der Waals surface area contributed by atoms with Crippen LogP contribution in [0.25, 0.3) is 49.9 Å². The van der Waals surface area contributed by atoms with Crippen molar-refractivity contribution in [1.82, 2.24) is 9.55 Å². The van der Waals surface area contributed by atoms with Crippen LogP contribution in [0.4, 0.5) is 0 Å². The number of aromatic nitrogens is 2. The van der Waals surface area contributed by atoms with Crippen LogP contribution >= 0.6 is 0 Å². The fourth-order valence-electron chi connectivity index (χ4n) is 4.70. The molecule has 2 heterocycles. The summed E-state index contributed by atoms with van der Waals surface area (Å²) in [6.07, 6.45) is 3.19. The molecule has 0 spiro atoms. The van der Waals surface area contributed by atoms with Crippen molar-refractivity contribution in [3.05, 3.63) is 146 Å². The van der Waals surface area contributed by atoms with Crippen LogP contribution in [0.15, 0.2) is 115 Å². The minimum Gasteiger partial charge on any atom is -0.504 e. The normalized spacial score (nSPS) is 10.6. The molecule has 0 aliphatic heterocycles. The van der Waals surface area contributed by atoms with E-state index < -0.39 is 0 Å². The van der Waals surface area contributed by atoms with Crippen LogP contribution in [-0.4, -0.2) is 9.55 Å². The zero-order valence-corrected chi connectivity index (χ0v) is 26.3. The first-order chi connectivity index (χ1) is 18.8. The van der Waals surface area contributed by atoms with Gasteiger partial charge in [-0.1, -0.05) is 29.9 Å². The van der Waals surface area contributed by atoms with Crippen LogP contribution in [0.3, 0.4) is 0 Å². The number of pyridine rings is 1. The van der Waals surface area contributed by atoms with Gasteiger partial charge in [-0.25, -0.2) is 22.3 Å². The minimum absolute atomic E-state index is 0. The van der Waals surface area contributed by atoms with Crippen molar-refractivity contribution in [2.24, 2.45) is 0 Å². The molecule has 193 valence electrons. The topological polar surface area (TPSA) is 27.1 Å². The predicted molar refractivity (Wildman–Crippen MR) is 150 cm³/mol. The van der Waals surface area contributed by atoms with Gasteiger partial charge in [0.25, 0.3) is 0 Å². The van der Waals surface area contributed by atoms with Gasteiger partial charge < -0.3 is 14.3 Å². The maximum absolute atomic E-state index is 6.24. The third kappa shape index (κ3) is 5.47. The van der Waals surface area contributed by atoms with Gasteiger partial charge in [0.15, 0.2) is 0 Å². The summed E-state index contributed by atoms with van der Waals surface area (Å²) in [5.74, 6) is 1.98. The second-order valence-electron chi connectivity index (χ2n) is 8.85. The molecule has 0 N–H and O–H groups in total. The number of fused-ring (bicyclic) bond motifs is 3. The van der Waals surface area contributed by atoms with Crippen molar-refractivity contribution in [2.75, 3.05) is 0 Å². The van der Waals surface area contributed by atoms with Crippen molar-refractivity contribution in [3.63, 3.8) is 0 Å². The Morgan fingerprint density at radius 2 is 1.27 bits per heavy atom. The Kier molecular flexibility index (Phi) is 8.76. The average Bonchev–Trinajstić information content (AvgIpc) is 3.32. The average molecular weight is 768 g/mol. The summed E-state index contributed by atoms with van der Waals surface area (Å²) in [4.78, 5) is 4.70. The van der Waals surface area contributed by atoms with E-state index in [9.17, 15) is 0 Å². The number of nitrogens with zero attached hydrogens (tertiary/aromatic N) is 2. The summed E-state index contributed by atoms with van der Waals surface area (Å²) in [5.41, 5.74) is 5.68. The maximum atomic E-state index is 6.24. The van der Waals surface area contributed by atoms with Crippen LogP contribution in [0.2, 0.25) is 0 Å². The van der Waals surface area contributed by atoms with Crippen molar-refractivity contribution in [1.29, 1.82) is 0 Å². The van der Waals surface area contributed by atoms with E-state index in [4.69, 9.17) is 9.72 Å². The molecule has 0 saturated carbocycles. The Bertz CT molecular complexity index is 1890. The number of ether oxygens (including phenoxy) is 1. The first-order valence-corrected chi connectivity index (χ1v) is 12.3. The summed E-state index contributed by atoms with van der Waals surface area (Å²) < 4.78 is 8.34. The van der Waals surface area contributed by atoms with E-state index in [2.05, 4.69) is 53.2 Å². The number of rotatable bonds is 5. The largest absolute Gasteiger partial charge is 0.504 e. The van der Waals surface area contributed by atoms with Crippen LogP contribution < -0.4 is 4.74 Å². The van der Waals surface area contributed by atoms with Crippen LogP contribution in [-0.2, 0) is 53.8 Å². The molecular weight excluding hydrogens is 748 g/mol. The number of benzene rings is 5. The zero-order chi connectivity index (χ0) is 25.3. The van der Waals surface area contributed by atoms with E-state index in [0.29, 0.717) is 11.5 Å². The van der Waals surface area contributed by atoms with E-state index in [1.54, 1.807) is 0 Å². The van der Waals surface area contributed by atoms with Gasteiger partial charge in [-0.05, 0) is 11.5 Å². The van der Waals surface area contributed by atoms with E-state index in [1.165, 1.54) is 0 Å². The van der Waals surface area contributed by atoms with Gasteiger partial charge in [0.2, 0.25) is 0 Å². The monoisotopic (exact) mass is 767 g/mol.